The van der Waals surface area contributed by atoms with Gasteiger partial charge in [-0.15, -0.1) is 0 Å². The van der Waals surface area contributed by atoms with Crippen LogP contribution in [0.5, 0.6) is 0 Å². The molecule has 3 rings (SSSR count). The van der Waals surface area contributed by atoms with E-state index in [1.165, 1.54) is 19.3 Å². The molecule has 4 heteroatoms. The van der Waals surface area contributed by atoms with Gasteiger partial charge in [-0.3, -0.25) is 4.79 Å². The second-order valence-corrected chi connectivity index (χ2v) is 7.04. The molecular weight excluding hydrogens is 290 g/mol. The second-order valence-electron chi connectivity index (χ2n) is 7.04. The average molecular weight is 315 g/mol. The van der Waals surface area contributed by atoms with Crippen molar-refractivity contribution in [1.29, 1.82) is 0 Å². The fourth-order valence-corrected chi connectivity index (χ4v) is 4.16. The van der Waals surface area contributed by atoms with Crippen molar-refractivity contribution in [2.75, 3.05) is 0 Å². The Bertz CT molecular complexity index is 604. The molecule has 1 amide bonds. The number of benzene rings is 1. The number of amides is 1. The van der Waals surface area contributed by atoms with Gasteiger partial charge in [-0.1, -0.05) is 50.3 Å². The van der Waals surface area contributed by atoms with E-state index in [-0.39, 0.29) is 11.8 Å². The third-order valence-electron chi connectivity index (χ3n) is 5.72. The molecule has 1 fully saturated rings. The summed E-state index contributed by atoms with van der Waals surface area (Å²) >= 11 is 0. The van der Waals surface area contributed by atoms with Gasteiger partial charge in [-0.2, -0.15) is 0 Å². The number of carboxylic acids is 1. The zero-order valence-corrected chi connectivity index (χ0v) is 13.8. The molecule has 4 nitrogen and oxygen atoms in total. The Labute approximate surface area is 137 Å². The quantitative estimate of drug-likeness (QED) is 0.922. The Balaban J connectivity index is 1.92. The third-order valence-corrected chi connectivity index (χ3v) is 5.72. The zero-order chi connectivity index (χ0) is 16.4. The minimum atomic E-state index is -1.12. The normalized spacial score (nSPS) is 22.1. The van der Waals surface area contributed by atoms with E-state index in [0.717, 1.165) is 31.2 Å². The Morgan fingerprint density at radius 1 is 1.13 bits per heavy atom. The van der Waals surface area contributed by atoms with E-state index in [2.05, 4.69) is 0 Å². The molecule has 1 unspecified atom stereocenters. The molecule has 1 saturated carbocycles. The van der Waals surface area contributed by atoms with E-state index >= 15 is 0 Å². The standard InChI is InChI=1S/C19H25NO3/c1-19(18(22)23,15-10-5-3-2-4-6-11-15)20-13-14-9-7-8-12-16(14)17(20)21/h7-9,12,15H,2-6,10-11,13H2,1H3,(H,22,23). The van der Waals surface area contributed by atoms with E-state index in [9.17, 15) is 14.7 Å². The van der Waals surface area contributed by atoms with Crippen molar-refractivity contribution < 1.29 is 14.7 Å². The monoisotopic (exact) mass is 315 g/mol. The summed E-state index contributed by atoms with van der Waals surface area (Å²) in [5.41, 5.74) is 0.481. The number of carbonyl (C=O) groups is 2. The minimum Gasteiger partial charge on any atom is -0.479 e. The Morgan fingerprint density at radius 2 is 1.74 bits per heavy atom. The molecule has 0 radical (unpaired) electrons. The van der Waals surface area contributed by atoms with E-state index in [1.807, 2.05) is 18.2 Å². The van der Waals surface area contributed by atoms with Gasteiger partial charge in [0, 0.05) is 12.1 Å². The Kier molecular flexibility index (Phi) is 4.42. The average Bonchev–Trinajstić information content (AvgIpc) is 2.84. The highest BCUT2D eigenvalue weighted by Crippen LogP contribution is 2.39. The van der Waals surface area contributed by atoms with Crippen LogP contribution >= 0.6 is 0 Å². The highest BCUT2D eigenvalue weighted by Gasteiger charge is 2.50. The van der Waals surface area contributed by atoms with Crippen LogP contribution in [-0.2, 0) is 11.3 Å². The molecule has 1 aliphatic carbocycles. The predicted octanol–water partition coefficient (Wildman–Crippen LogP) is 3.85. The van der Waals surface area contributed by atoms with Crippen molar-refractivity contribution in [1.82, 2.24) is 4.90 Å². The van der Waals surface area contributed by atoms with E-state index in [1.54, 1.807) is 17.9 Å². The first-order valence-corrected chi connectivity index (χ1v) is 8.68. The van der Waals surface area contributed by atoms with Gasteiger partial charge in [0.2, 0.25) is 0 Å². The topological polar surface area (TPSA) is 57.6 Å². The molecule has 0 saturated heterocycles. The number of carboxylic acid groups (broad SMARTS) is 1. The van der Waals surface area contributed by atoms with E-state index in [4.69, 9.17) is 0 Å². The summed E-state index contributed by atoms with van der Waals surface area (Å²) in [6.07, 6.45) is 7.47. The largest absolute Gasteiger partial charge is 0.479 e. The fourth-order valence-electron chi connectivity index (χ4n) is 4.16. The molecule has 0 aromatic heterocycles. The zero-order valence-electron chi connectivity index (χ0n) is 13.8. The molecule has 1 aromatic rings. The molecule has 2 aliphatic rings. The second kappa shape index (κ2) is 6.34. The number of rotatable bonds is 3. The lowest BCUT2D eigenvalue weighted by molar-refractivity contribution is -0.153. The summed E-state index contributed by atoms with van der Waals surface area (Å²) in [6, 6.07) is 7.48. The van der Waals surface area contributed by atoms with Crippen LogP contribution in [0.25, 0.3) is 0 Å². The number of nitrogens with zero attached hydrogens (tertiary/aromatic N) is 1. The van der Waals surface area contributed by atoms with E-state index in [0.29, 0.717) is 12.1 Å². The Hall–Kier alpha value is -1.84. The molecule has 1 heterocycles. The first-order chi connectivity index (χ1) is 11.0. The van der Waals surface area contributed by atoms with Gasteiger partial charge < -0.3 is 10.0 Å². The lowest BCUT2D eigenvalue weighted by atomic mass is 9.76. The van der Waals surface area contributed by atoms with Crippen molar-refractivity contribution in [3.8, 4) is 0 Å². The number of carbonyl (C=O) groups excluding carboxylic acids is 1. The third kappa shape index (κ3) is 2.75. The van der Waals surface area contributed by atoms with Gasteiger partial charge in [0.15, 0.2) is 0 Å². The van der Waals surface area contributed by atoms with Gasteiger partial charge >= 0.3 is 5.97 Å². The molecule has 0 bridgehead atoms. The maximum atomic E-state index is 12.8. The highest BCUT2D eigenvalue weighted by molar-refractivity contribution is 6.01. The van der Waals surface area contributed by atoms with Crippen LogP contribution in [0, 0.1) is 5.92 Å². The molecule has 23 heavy (non-hydrogen) atoms. The van der Waals surface area contributed by atoms with Gasteiger partial charge in [-0.05, 0) is 37.3 Å². The minimum absolute atomic E-state index is 0.0264. The molecular formula is C19H25NO3. The lowest BCUT2D eigenvalue weighted by Gasteiger charge is -2.42. The summed E-state index contributed by atoms with van der Waals surface area (Å²) < 4.78 is 0. The van der Waals surface area contributed by atoms with Gasteiger partial charge in [0.1, 0.15) is 5.54 Å². The summed E-state index contributed by atoms with van der Waals surface area (Å²) in [5, 5.41) is 10.0. The van der Waals surface area contributed by atoms with Crippen molar-refractivity contribution in [3.63, 3.8) is 0 Å². The molecule has 0 spiro atoms. The van der Waals surface area contributed by atoms with Gasteiger partial charge in [0.25, 0.3) is 5.91 Å². The van der Waals surface area contributed by atoms with Crippen LogP contribution in [0.2, 0.25) is 0 Å². The summed E-state index contributed by atoms with van der Waals surface area (Å²) in [7, 11) is 0. The smallest absolute Gasteiger partial charge is 0.329 e. The van der Waals surface area contributed by atoms with Crippen molar-refractivity contribution in [2.24, 2.45) is 5.92 Å². The molecule has 1 aromatic carbocycles. The van der Waals surface area contributed by atoms with Crippen LogP contribution < -0.4 is 0 Å². The number of aliphatic carboxylic acids is 1. The van der Waals surface area contributed by atoms with Crippen LogP contribution in [0.4, 0.5) is 0 Å². The number of fused-ring (bicyclic) bond motifs is 1. The first-order valence-electron chi connectivity index (χ1n) is 8.68. The van der Waals surface area contributed by atoms with Crippen LogP contribution in [-0.4, -0.2) is 27.4 Å². The van der Waals surface area contributed by atoms with Crippen LogP contribution in [0.15, 0.2) is 24.3 Å². The van der Waals surface area contributed by atoms with E-state index < -0.39 is 11.5 Å². The number of hydrogen-bond acceptors (Lipinski definition) is 2. The van der Waals surface area contributed by atoms with Gasteiger partial charge in [0.05, 0.1) is 0 Å². The molecule has 124 valence electrons. The maximum Gasteiger partial charge on any atom is 0.329 e. The maximum absolute atomic E-state index is 12.8. The van der Waals surface area contributed by atoms with Crippen LogP contribution in [0.1, 0.15) is 67.8 Å². The lowest BCUT2D eigenvalue weighted by Crippen LogP contribution is -2.57. The molecule has 1 aliphatic heterocycles. The highest BCUT2D eigenvalue weighted by atomic mass is 16.4. The van der Waals surface area contributed by atoms with Gasteiger partial charge in [-0.25, -0.2) is 4.79 Å². The number of hydrogen-bond donors (Lipinski definition) is 1. The Morgan fingerprint density at radius 3 is 2.35 bits per heavy atom. The van der Waals surface area contributed by atoms with Crippen molar-refractivity contribution in [3.05, 3.63) is 35.4 Å². The van der Waals surface area contributed by atoms with Crippen molar-refractivity contribution in [2.45, 2.75) is 64.0 Å². The fraction of sp³-hybridized carbons (Fsp3) is 0.579. The molecule has 1 atom stereocenters. The van der Waals surface area contributed by atoms with Crippen molar-refractivity contribution >= 4 is 11.9 Å². The predicted molar refractivity (Wildman–Crippen MR) is 88.2 cm³/mol. The summed E-state index contributed by atoms with van der Waals surface area (Å²) in [5.74, 6) is -0.977. The SMILES string of the molecule is CC(C(=O)O)(C1CCCCCCC1)N1Cc2ccccc2C1=O. The summed E-state index contributed by atoms with van der Waals surface area (Å²) in [4.78, 5) is 26.6. The first kappa shape index (κ1) is 16.0. The summed E-state index contributed by atoms with van der Waals surface area (Å²) in [6.45, 7) is 2.17. The van der Waals surface area contributed by atoms with Crippen LogP contribution in [0.3, 0.4) is 0 Å². The molecule has 1 N–H and O–H groups in total.